The fourth-order valence-electron chi connectivity index (χ4n) is 3.33. The largest absolute Gasteiger partial charge is 0.341 e. The lowest BCUT2D eigenvalue weighted by Crippen LogP contribution is -2.47. The number of piperazine rings is 1. The average molecular weight is 369 g/mol. The molecule has 6 heteroatoms. The van der Waals surface area contributed by atoms with Crippen molar-refractivity contribution in [2.24, 2.45) is 0 Å². The fraction of sp³-hybridized carbons (Fsp3) is 0.300. The zero-order valence-electron chi connectivity index (χ0n) is 14.5. The number of aromatic amines is 1. The number of para-hydroxylation sites is 2. The number of ketones is 1. The lowest BCUT2D eigenvalue weighted by Gasteiger charge is -2.33. The van der Waals surface area contributed by atoms with Gasteiger partial charge in [0.15, 0.2) is 5.78 Å². The summed E-state index contributed by atoms with van der Waals surface area (Å²) < 4.78 is 0. The molecule has 0 unspecified atom stereocenters. The van der Waals surface area contributed by atoms with E-state index in [1.165, 1.54) is 0 Å². The van der Waals surface area contributed by atoms with E-state index in [2.05, 4.69) is 19.8 Å². The van der Waals surface area contributed by atoms with Gasteiger partial charge in [0.25, 0.3) is 0 Å². The van der Waals surface area contributed by atoms with Crippen LogP contribution in [0, 0.1) is 0 Å². The highest BCUT2D eigenvalue weighted by Gasteiger charge is 2.20. The Morgan fingerprint density at radius 3 is 2.42 bits per heavy atom. The topological polar surface area (TPSA) is 52.2 Å². The summed E-state index contributed by atoms with van der Waals surface area (Å²) in [6, 6.07) is 15.2. The predicted octanol–water partition coefficient (Wildman–Crippen LogP) is 3.22. The summed E-state index contributed by atoms with van der Waals surface area (Å²) in [5.74, 6) is 1.14. The van der Waals surface area contributed by atoms with Crippen molar-refractivity contribution < 1.29 is 4.79 Å². The van der Waals surface area contributed by atoms with E-state index < -0.39 is 0 Å². The van der Waals surface area contributed by atoms with Crippen molar-refractivity contribution in [3.63, 3.8) is 0 Å². The summed E-state index contributed by atoms with van der Waals surface area (Å²) in [6.45, 7) is 4.92. The van der Waals surface area contributed by atoms with Crippen LogP contribution in [0.15, 0.2) is 48.5 Å². The first-order valence-electron chi connectivity index (χ1n) is 8.84. The quantitative estimate of drug-likeness (QED) is 0.702. The second-order valence-corrected chi connectivity index (χ2v) is 7.12. The number of hydrogen-bond donors (Lipinski definition) is 1. The summed E-state index contributed by atoms with van der Waals surface area (Å²) in [4.78, 5) is 25.0. The molecular formula is C20H21ClN4O. The number of Topliss-reactive ketones (excluding diaryl/α,β-unsaturated/α-hetero) is 1. The number of fused-ring (bicyclic) bond motifs is 1. The van der Waals surface area contributed by atoms with Gasteiger partial charge in [-0.15, -0.1) is 0 Å². The minimum atomic E-state index is 0.146. The molecule has 134 valence electrons. The van der Waals surface area contributed by atoms with Gasteiger partial charge in [0, 0.05) is 36.8 Å². The minimum absolute atomic E-state index is 0.146. The van der Waals surface area contributed by atoms with Crippen LogP contribution in [0.4, 0.5) is 0 Å². The van der Waals surface area contributed by atoms with Gasteiger partial charge in [-0.1, -0.05) is 23.7 Å². The first-order valence-corrected chi connectivity index (χ1v) is 9.22. The monoisotopic (exact) mass is 368 g/mol. The van der Waals surface area contributed by atoms with E-state index in [0.717, 1.165) is 55.1 Å². The Morgan fingerprint density at radius 1 is 1.00 bits per heavy atom. The molecule has 26 heavy (non-hydrogen) atoms. The molecule has 0 aliphatic carbocycles. The van der Waals surface area contributed by atoms with E-state index in [1.54, 1.807) is 24.3 Å². The van der Waals surface area contributed by atoms with Gasteiger partial charge >= 0.3 is 0 Å². The van der Waals surface area contributed by atoms with E-state index in [0.29, 0.717) is 11.6 Å². The first-order chi connectivity index (χ1) is 12.7. The van der Waals surface area contributed by atoms with Crippen molar-refractivity contribution >= 4 is 28.4 Å². The zero-order valence-corrected chi connectivity index (χ0v) is 15.2. The standard InChI is InChI=1S/C20H21ClN4O/c21-16-7-5-15(6-8-16)19(26)13-24-9-11-25(12-10-24)14-20-22-17-3-1-2-4-18(17)23-20/h1-8H,9-14H2,(H,22,23). The van der Waals surface area contributed by atoms with Gasteiger partial charge in [-0.05, 0) is 36.4 Å². The number of carbonyl (C=O) groups is 1. The molecule has 0 radical (unpaired) electrons. The van der Waals surface area contributed by atoms with E-state index in [9.17, 15) is 4.79 Å². The number of imidazole rings is 1. The van der Waals surface area contributed by atoms with Crippen LogP contribution < -0.4 is 0 Å². The van der Waals surface area contributed by atoms with Crippen LogP contribution in [-0.2, 0) is 6.54 Å². The smallest absolute Gasteiger partial charge is 0.176 e. The summed E-state index contributed by atoms with van der Waals surface area (Å²) in [7, 11) is 0. The highest BCUT2D eigenvalue weighted by Crippen LogP contribution is 2.14. The number of hydrogen-bond acceptors (Lipinski definition) is 4. The molecule has 5 nitrogen and oxygen atoms in total. The molecule has 0 saturated carbocycles. The van der Waals surface area contributed by atoms with E-state index in [4.69, 9.17) is 11.6 Å². The Morgan fingerprint density at radius 2 is 1.69 bits per heavy atom. The van der Waals surface area contributed by atoms with E-state index >= 15 is 0 Å². The van der Waals surface area contributed by atoms with Gasteiger partial charge in [-0.2, -0.15) is 0 Å². The summed E-state index contributed by atoms with van der Waals surface area (Å²) >= 11 is 5.88. The molecule has 1 aromatic heterocycles. The molecule has 2 aromatic carbocycles. The van der Waals surface area contributed by atoms with E-state index in [-0.39, 0.29) is 5.78 Å². The number of halogens is 1. The van der Waals surface area contributed by atoms with Gasteiger partial charge < -0.3 is 4.98 Å². The molecule has 0 spiro atoms. The molecule has 2 heterocycles. The minimum Gasteiger partial charge on any atom is -0.341 e. The molecule has 0 amide bonds. The van der Waals surface area contributed by atoms with Crippen LogP contribution in [0.5, 0.6) is 0 Å². The van der Waals surface area contributed by atoms with Gasteiger partial charge in [0.1, 0.15) is 5.82 Å². The first kappa shape index (κ1) is 17.2. The predicted molar refractivity (Wildman–Crippen MR) is 104 cm³/mol. The third-order valence-corrected chi connectivity index (χ3v) is 5.06. The van der Waals surface area contributed by atoms with Gasteiger partial charge in [0.2, 0.25) is 0 Å². The Labute approximate surface area is 157 Å². The maximum absolute atomic E-state index is 12.4. The van der Waals surface area contributed by atoms with Crippen LogP contribution in [0.2, 0.25) is 5.02 Å². The number of nitrogens with one attached hydrogen (secondary N) is 1. The molecule has 1 saturated heterocycles. The molecule has 1 aliphatic rings. The molecule has 0 bridgehead atoms. The van der Waals surface area contributed by atoms with Crippen molar-refractivity contribution in [1.82, 2.24) is 19.8 Å². The second-order valence-electron chi connectivity index (χ2n) is 6.68. The number of carbonyl (C=O) groups excluding carboxylic acids is 1. The molecule has 0 atom stereocenters. The van der Waals surface area contributed by atoms with Crippen LogP contribution in [-0.4, -0.2) is 58.3 Å². The third-order valence-electron chi connectivity index (χ3n) is 4.81. The van der Waals surface area contributed by atoms with Gasteiger partial charge in [-0.3, -0.25) is 14.6 Å². The fourth-order valence-corrected chi connectivity index (χ4v) is 3.45. The Kier molecular flexibility index (Phi) is 5.02. The zero-order chi connectivity index (χ0) is 17.9. The van der Waals surface area contributed by atoms with Crippen molar-refractivity contribution in [1.29, 1.82) is 0 Å². The maximum atomic E-state index is 12.4. The lowest BCUT2D eigenvalue weighted by atomic mass is 10.1. The van der Waals surface area contributed by atoms with Crippen molar-refractivity contribution in [2.75, 3.05) is 32.7 Å². The van der Waals surface area contributed by atoms with Crippen LogP contribution in [0.1, 0.15) is 16.2 Å². The summed E-state index contributed by atoms with van der Waals surface area (Å²) in [5.41, 5.74) is 2.81. The van der Waals surface area contributed by atoms with E-state index in [1.807, 2.05) is 24.3 Å². The van der Waals surface area contributed by atoms with Crippen LogP contribution in [0.3, 0.4) is 0 Å². The second kappa shape index (κ2) is 7.58. The van der Waals surface area contributed by atoms with Gasteiger partial charge in [0.05, 0.1) is 24.1 Å². The Bertz CT molecular complexity index is 865. The SMILES string of the molecule is O=C(CN1CCN(Cc2nc3ccccc3[nH]2)CC1)c1ccc(Cl)cc1. The van der Waals surface area contributed by atoms with Gasteiger partial charge in [-0.25, -0.2) is 4.98 Å². The Balaban J connectivity index is 1.29. The lowest BCUT2D eigenvalue weighted by molar-refractivity contribution is 0.0840. The van der Waals surface area contributed by atoms with Crippen molar-refractivity contribution in [2.45, 2.75) is 6.54 Å². The number of aromatic nitrogens is 2. The molecule has 3 aromatic rings. The average Bonchev–Trinajstić information content (AvgIpc) is 3.06. The molecular weight excluding hydrogens is 348 g/mol. The number of benzene rings is 2. The van der Waals surface area contributed by atoms with Crippen molar-refractivity contribution in [3.05, 3.63) is 64.9 Å². The molecule has 1 aliphatic heterocycles. The van der Waals surface area contributed by atoms with Crippen LogP contribution in [0.25, 0.3) is 11.0 Å². The molecule has 4 rings (SSSR count). The maximum Gasteiger partial charge on any atom is 0.176 e. The van der Waals surface area contributed by atoms with Crippen LogP contribution >= 0.6 is 11.6 Å². The van der Waals surface area contributed by atoms with Crippen molar-refractivity contribution in [3.8, 4) is 0 Å². The molecule has 1 N–H and O–H groups in total. The highest BCUT2D eigenvalue weighted by atomic mass is 35.5. The molecule has 1 fully saturated rings. The highest BCUT2D eigenvalue weighted by molar-refractivity contribution is 6.30. The number of rotatable bonds is 5. The summed E-state index contributed by atoms with van der Waals surface area (Å²) in [6.07, 6.45) is 0. The normalized spacial score (nSPS) is 16.2. The number of H-pyrrole nitrogens is 1. The third kappa shape index (κ3) is 3.96. The number of nitrogens with zero attached hydrogens (tertiary/aromatic N) is 3. The summed E-state index contributed by atoms with van der Waals surface area (Å²) in [5, 5.41) is 0.653. The Hall–Kier alpha value is -2.21.